The number of alkyl halides is 2. The summed E-state index contributed by atoms with van der Waals surface area (Å²) in [7, 11) is 0. The number of carbonyl (C=O) groups excluding carboxylic acids is 1. The Kier molecular flexibility index (Phi) is 11.4. The second kappa shape index (κ2) is 14.2. The van der Waals surface area contributed by atoms with Gasteiger partial charge in [-0.25, -0.2) is 18.4 Å². The van der Waals surface area contributed by atoms with E-state index in [1.165, 1.54) is 4.90 Å². The van der Waals surface area contributed by atoms with Crippen LogP contribution in [0.4, 0.5) is 13.6 Å². The van der Waals surface area contributed by atoms with Crippen LogP contribution in [0.3, 0.4) is 0 Å². The molecule has 0 fully saturated rings. The minimum Gasteiger partial charge on any atom is -0.492 e. The number of hydrogen-bond acceptors (Lipinski definition) is 6. The smallest absolute Gasteiger partial charge is 0.415 e. The molecule has 1 N–H and O–H groups in total. The molecule has 35 heavy (non-hydrogen) atoms. The van der Waals surface area contributed by atoms with Crippen LogP contribution in [0.15, 0.2) is 54.6 Å². The van der Waals surface area contributed by atoms with Gasteiger partial charge in [-0.1, -0.05) is 30.3 Å². The first kappa shape index (κ1) is 28.0. The molecule has 2 rings (SSSR count). The summed E-state index contributed by atoms with van der Waals surface area (Å²) in [4.78, 5) is 25.1. The minimum absolute atomic E-state index is 0.0397. The number of carbonyl (C=O) groups is 2. The Balaban J connectivity index is 1.90. The zero-order valence-corrected chi connectivity index (χ0v) is 19.8. The largest absolute Gasteiger partial charge is 0.492 e. The summed E-state index contributed by atoms with van der Waals surface area (Å²) in [6, 6.07) is 15.4. The SMILES string of the molecule is CCOC(Cc1ccc(OCCN(CCOCC(C)(F)F)C(=O)Oc2ccccc2)cc1)C(=O)O. The van der Waals surface area contributed by atoms with E-state index in [1.807, 2.05) is 0 Å². The second-order valence-electron chi connectivity index (χ2n) is 7.77. The summed E-state index contributed by atoms with van der Waals surface area (Å²) in [5.74, 6) is -3.11. The van der Waals surface area contributed by atoms with E-state index in [2.05, 4.69) is 0 Å². The van der Waals surface area contributed by atoms with Crippen LogP contribution in [0.1, 0.15) is 19.4 Å². The molecule has 10 heteroatoms. The van der Waals surface area contributed by atoms with Gasteiger partial charge in [0.15, 0.2) is 6.10 Å². The van der Waals surface area contributed by atoms with Crippen molar-refractivity contribution < 1.29 is 42.4 Å². The van der Waals surface area contributed by atoms with Crippen LogP contribution < -0.4 is 9.47 Å². The highest BCUT2D eigenvalue weighted by atomic mass is 19.3. The van der Waals surface area contributed by atoms with E-state index in [1.54, 1.807) is 61.5 Å². The van der Waals surface area contributed by atoms with Gasteiger partial charge in [0.2, 0.25) is 0 Å². The minimum atomic E-state index is -2.96. The van der Waals surface area contributed by atoms with Gasteiger partial charge in [-0.3, -0.25) is 0 Å². The zero-order valence-electron chi connectivity index (χ0n) is 19.8. The van der Waals surface area contributed by atoms with Crippen LogP contribution in [-0.2, 0) is 20.7 Å². The maximum Gasteiger partial charge on any atom is 0.415 e. The third kappa shape index (κ3) is 11.2. The van der Waals surface area contributed by atoms with Crippen LogP contribution >= 0.6 is 0 Å². The molecule has 192 valence electrons. The lowest BCUT2D eigenvalue weighted by Gasteiger charge is -2.22. The number of ether oxygens (including phenoxy) is 4. The highest BCUT2D eigenvalue weighted by Crippen LogP contribution is 2.16. The fourth-order valence-electron chi connectivity index (χ4n) is 3.00. The van der Waals surface area contributed by atoms with Gasteiger partial charge in [0, 0.05) is 26.5 Å². The van der Waals surface area contributed by atoms with Crippen molar-refractivity contribution in [2.45, 2.75) is 32.3 Å². The highest BCUT2D eigenvalue weighted by molar-refractivity contribution is 5.72. The first-order chi connectivity index (χ1) is 16.7. The van der Waals surface area contributed by atoms with Crippen LogP contribution in [0, 0.1) is 0 Å². The Morgan fingerprint density at radius 3 is 2.26 bits per heavy atom. The molecule has 0 aliphatic carbocycles. The molecule has 0 spiro atoms. The normalized spacial score (nSPS) is 12.1. The number of carboxylic acids is 1. The molecule has 0 saturated carbocycles. The summed E-state index contributed by atoms with van der Waals surface area (Å²) < 4.78 is 47.2. The monoisotopic (exact) mass is 495 g/mol. The van der Waals surface area contributed by atoms with Crippen LogP contribution in [0.2, 0.25) is 0 Å². The Labute approximate surface area is 203 Å². The molecule has 1 unspecified atom stereocenters. The third-order valence-electron chi connectivity index (χ3n) is 4.69. The summed E-state index contributed by atoms with van der Waals surface area (Å²) in [6.45, 7) is 2.24. The molecule has 0 heterocycles. The quantitative estimate of drug-likeness (QED) is 0.369. The van der Waals surface area contributed by atoms with Crippen LogP contribution in [0.25, 0.3) is 0 Å². The lowest BCUT2D eigenvalue weighted by molar-refractivity contribution is -0.149. The van der Waals surface area contributed by atoms with Crippen molar-refractivity contribution in [1.29, 1.82) is 0 Å². The third-order valence-corrected chi connectivity index (χ3v) is 4.69. The van der Waals surface area contributed by atoms with Crippen molar-refractivity contribution in [1.82, 2.24) is 4.90 Å². The summed E-state index contributed by atoms with van der Waals surface area (Å²) in [6.07, 6.45) is -1.36. The number of carboxylic acid groups (broad SMARTS) is 1. The van der Waals surface area contributed by atoms with E-state index in [0.29, 0.717) is 18.1 Å². The lowest BCUT2D eigenvalue weighted by Crippen LogP contribution is -2.39. The van der Waals surface area contributed by atoms with Gasteiger partial charge in [-0.2, -0.15) is 0 Å². The van der Waals surface area contributed by atoms with Crippen molar-refractivity contribution in [2.75, 3.05) is 39.5 Å². The molecule has 0 aromatic heterocycles. The first-order valence-corrected chi connectivity index (χ1v) is 11.2. The van der Waals surface area contributed by atoms with Crippen molar-refractivity contribution in [2.24, 2.45) is 0 Å². The van der Waals surface area contributed by atoms with Gasteiger partial charge >= 0.3 is 12.1 Å². The van der Waals surface area contributed by atoms with Gasteiger partial charge in [-0.05, 0) is 36.8 Å². The molecule has 1 atom stereocenters. The standard InChI is InChI=1S/C25H31F2NO7/c1-3-33-22(23(29)30)17-19-9-11-20(12-10-19)34-16-14-28(13-15-32-18-25(2,26)27)24(31)35-21-7-5-4-6-8-21/h4-12,22H,3,13-18H2,1-2H3,(H,29,30). The highest BCUT2D eigenvalue weighted by Gasteiger charge is 2.22. The molecule has 0 bridgehead atoms. The van der Waals surface area contributed by atoms with E-state index >= 15 is 0 Å². The zero-order chi connectivity index (χ0) is 25.7. The number of benzene rings is 2. The molecule has 2 aromatic rings. The topological polar surface area (TPSA) is 94.5 Å². The number of rotatable bonds is 15. The molecule has 0 aliphatic heterocycles. The van der Waals surface area contributed by atoms with Gasteiger partial charge in [-0.15, -0.1) is 0 Å². The number of hydrogen-bond donors (Lipinski definition) is 1. The number of halogens is 2. The number of nitrogens with zero attached hydrogens (tertiary/aromatic N) is 1. The van der Waals surface area contributed by atoms with E-state index in [-0.39, 0.29) is 32.7 Å². The molecule has 0 saturated heterocycles. The van der Waals surface area contributed by atoms with E-state index in [0.717, 1.165) is 12.5 Å². The molecular weight excluding hydrogens is 464 g/mol. The Morgan fingerprint density at radius 2 is 1.66 bits per heavy atom. The fourth-order valence-corrected chi connectivity index (χ4v) is 3.00. The van der Waals surface area contributed by atoms with Crippen molar-refractivity contribution in [3.05, 3.63) is 60.2 Å². The lowest BCUT2D eigenvalue weighted by atomic mass is 10.1. The van der Waals surface area contributed by atoms with Crippen molar-refractivity contribution in [3.63, 3.8) is 0 Å². The van der Waals surface area contributed by atoms with Crippen molar-refractivity contribution in [3.8, 4) is 11.5 Å². The maximum absolute atomic E-state index is 13.0. The van der Waals surface area contributed by atoms with Gasteiger partial charge in [0.25, 0.3) is 5.92 Å². The molecule has 8 nitrogen and oxygen atoms in total. The van der Waals surface area contributed by atoms with Crippen LogP contribution in [-0.4, -0.2) is 73.6 Å². The maximum atomic E-state index is 13.0. The Bertz CT molecular complexity index is 904. The van der Waals surface area contributed by atoms with Crippen LogP contribution in [0.5, 0.6) is 11.5 Å². The van der Waals surface area contributed by atoms with Crippen molar-refractivity contribution >= 4 is 12.1 Å². The fraction of sp³-hybridized carbons (Fsp3) is 0.440. The Hall–Kier alpha value is -3.24. The van der Waals surface area contributed by atoms with Gasteiger partial charge in [0.1, 0.15) is 24.7 Å². The average molecular weight is 496 g/mol. The molecule has 1 amide bonds. The summed E-state index contributed by atoms with van der Waals surface area (Å²) >= 11 is 0. The number of para-hydroxylation sites is 1. The predicted octanol–water partition coefficient (Wildman–Crippen LogP) is 4.27. The number of amides is 1. The molecular formula is C25H31F2NO7. The average Bonchev–Trinajstić information content (AvgIpc) is 2.81. The van der Waals surface area contributed by atoms with E-state index < -0.39 is 30.7 Å². The second-order valence-corrected chi connectivity index (χ2v) is 7.77. The summed E-state index contributed by atoms with van der Waals surface area (Å²) in [5.41, 5.74) is 0.774. The van der Waals surface area contributed by atoms with E-state index in [9.17, 15) is 23.5 Å². The first-order valence-electron chi connectivity index (χ1n) is 11.2. The molecule has 0 aliphatic rings. The number of aliphatic carboxylic acids is 1. The predicted molar refractivity (Wildman–Crippen MR) is 124 cm³/mol. The van der Waals surface area contributed by atoms with Gasteiger partial charge in [0.05, 0.1) is 13.2 Å². The molecule has 0 radical (unpaired) electrons. The van der Waals surface area contributed by atoms with E-state index in [4.69, 9.17) is 18.9 Å². The van der Waals surface area contributed by atoms with Gasteiger partial charge < -0.3 is 29.0 Å². The summed E-state index contributed by atoms with van der Waals surface area (Å²) in [5, 5.41) is 9.21. The molecule has 2 aromatic carbocycles. The Morgan fingerprint density at radius 1 is 1.00 bits per heavy atom.